The standard InChI is InChI=1S/C11H14N2O4S/c1-3-17-10(14)6-18-8-5-13-9(12)4-7(8)11(15)16-2/h4-5H,3,6H2,1-2H3,(H2,12,13). The van der Waals surface area contributed by atoms with Gasteiger partial charge < -0.3 is 15.2 Å². The molecule has 0 saturated heterocycles. The van der Waals surface area contributed by atoms with Crippen LogP contribution in [0.4, 0.5) is 5.82 Å². The van der Waals surface area contributed by atoms with Crippen LogP contribution < -0.4 is 5.73 Å². The van der Waals surface area contributed by atoms with Gasteiger partial charge in [0, 0.05) is 11.1 Å². The van der Waals surface area contributed by atoms with Crippen LogP contribution in [0.25, 0.3) is 0 Å². The predicted octanol–water partition coefficient (Wildman–Crippen LogP) is 1.11. The van der Waals surface area contributed by atoms with Gasteiger partial charge in [-0.2, -0.15) is 0 Å². The molecule has 6 nitrogen and oxygen atoms in total. The Morgan fingerprint density at radius 1 is 1.50 bits per heavy atom. The molecule has 98 valence electrons. The third-order valence-electron chi connectivity index (χ3n) is 1.94. The first-order chi connectivity index (χ1) is 8.58. The lowest BCUT2D eigenvalue weighted by Gasteiger charge is -2.07. The van der Waals surface area contributed by atoms with E-state index in [1.807, 2.05) is 0 Å². The van der Waals surface area contributed by atoms with Gasteiger partial charge in [-0.25, -0.2) is 9.78 Å². The number of esters is 2. The zero-order valence-electron chi connectivity index (χ0n) is 10.1. The summed E-state index contributed by atoms with van der Waals surface area (Å²) in [6.45, 7) is 2.05. The summed E-state index contributed by atoms with van der Waals surface area (Å²) in [7, 11) is 1.28. The number of nitrogens with zero attached hydrogens (tertiary/aromatic N) is 1. The molecule has 18 heavy (non-hydrogen) atoms. The molecule has 0 amide bonds. The third kappa shape index (κ3) is 3.92. The highest BCUT2D eigenvalue weighted by atomic mass is 32.2. The molecule has 0 aliphatic heterocycles. The minimum atomic E-state index is -0.518. The van der Waals surface area contributed by atoms with Crippen molar-refractivity contribution in [1.29, 1.82) is 0 Å². The molecule has 2 N–H and O–H groups in total. The Kier molecular flexibility index (Phi) is 5.44. The van der Waals surface area contributed by atoms with Gasteiger partial charge in [-0.1, -0.05) is 0 Å². The van der Waals surface area contributed by atoms with Crippen molar-refractivity contribution in [3.05, 3.63) is 17.8 Å². The Hall–Kier alpha value is -1.76. The zero-order chi connectivity index (χ0) is 13.5. The molecule has 0 aliphatic carbocycles. The SMILES string of the molecule is CCOC(=O)CSc1cnc(N)cc1C(=O)OC. The van der Waals surface area contributed by atoms with Crippen LogP contribution in [0.2, 0.25) is 0 Å². The average molecular weight is 270 g/mol. The van der Waals surface area contributed by atoms with Crippen LogP contribution in [0.5, 0.6) is 0 Å². The maximum Gasteiger partial charge on any atom is 0.339 e. The first kappa shape index (κ1) is 14.3. The Labute approximate surface area is 109 Å². The molecule has 0 aromatic carbocycles. The Bertz CT molecular complexity index is 451. The number of hydrogen-bond acceptors (Lipinski definition) is 7. The highest BCUT2D eigenvalue weighted by Crippen LogP contribution is 2.24. The molecular weight excluding hydrogens is 256 g/mol. The molecule has 1 aromatic heterocycles. The van der Waals surface area contributed by atoms with Crippen molar-refractivity contribution in [3.63, 3.8) is 0 Å². The third-order valence-corrected chi connectivity index (χ3v) is 2.96. The first-order valence-electron chi connectivity index (χ1n) is 5.20. The summed E-state index contributed by atoms with van der Waals surface area (Å²) in [6.07, 6.45) is 1.44. The van der Waals surface area contributed by atoms with Gasteiger partial charge in [0.05, 0.1) is 25.0 Å². The number of pyridine rings is 1. The van der Waals surface area contributed by atoms with Crippen molar-refractivity contribution in [1.82, 2.24) is 4.98 Å². The van der Waals surface area contributed by atoms with Crippen LogP contribution in [0.3, 0.4) is 0 Å². The molecule has 0 spiro atoms. The van der Waals surface area contributed by atoms with Crippen molar-refractivity contribution in [2.45, 2.75) is 11.8 Å². The van der Waals surface area contributed by atoms with E-state index in [0.29, 0.717) is 17.1 Å². The number of anilines is 1. The Balaban J connectivity index is 2.81. The normalized spacial score (nSPS) is 9.89. The number of carbonyl (C=O) groups is 2. The van der Waals surface area contributed by atoms with Gasteiger partial charge in [-0.3, -0.25) is 4.79 Å². The average Bonchev–Trinajstić information content (AvgIpc) is 2.36. The van der Waals surface area contributed by atoms with E-state index in [-0.39, 0.29) is 17.5 Å². The topological polar surface area (TPSA) is 91.5 Å². The molecule has 0 radical (unpaired) electrons. The van der Waals surface area contributed by atoms with E-state index in [9.17, 15) is 9.59 Å². The summed E-state index contributed by atoms with van der Waals surface area (Å²) in [5, 5.41) is 0. The number of aromatic nitrogens is 1. The number of nitrogens with two attached hydrogens (primary N) is 1. The van der Waals surface area contributed by atoms with Crippen LogP contribution in [-0.4, -0.2) is 36.4 Å². The lowest BCUT2D eigenvalue weighted by Crippen LogP contribution is -2.09. The number of rotatable bonds is 5. The second-order valence-electron chi connectivity index (χ2n) is 3.19. The molecule has 0 bridgehead atoms. The fraction of sp³-hybridized carbons (Fsp3) is 0.364. The van der Waals surface area contributed by atoms with Crippen molar-refractivity contribution >= 4 is 29.5 Å². The predicted molar refractivity (Wildman–Crippen MR) is 67.3 cm³/mol. The lowest BCUT2D eigenvalue weighted by molar-refractivity contribution is -0.139. The fourth-order valence-corrected chi connectivity index (χ4v) is 1.96. The first-order valence-corrected chi connectivity index (χ1v) is 6.19. The Morgan fingerprint density at radius 2 is 2.22 bits per heavy atom. The van der Waals surface area contributed by atoms with E-state index < -0.39 is 5.97 Å². The molecule has 1 rings (SSSR count). The highest BCUT2D eigenvalue weighted by Gasteiger charge is 2.15. The molecule has 7 heteroatoms. The minimum Gasteiger partial charge on any atom is -0.465 e. The van der Waals surface area contributed by atoms with Crippen LogP contribution in [0, 0.1) is 0 Å². The lowest BCUT2D eigenvalue weighted by atomic mass is 10.2. The number of ether oxygens (including phenoxy) is 2. The van der Waals surface area contributed by atoms with Crippen molar-refractivity contribution < 1.29 is 19.1 Å². The summed E-state index contributed by atoms with van der Waals surface area (Å²) in [5.41, 5.74) is 5.79. The van der Waals surface area contributed by atoms with Crippen LogP contribution in [-0.2, 0) is 14.3 Å². The number of carbonyl (C=O) groups excluding carboxylic acids is 2. The van der Waals surface area contributed by atoms with Crippen LogP contribution >= 0.6 is 11.8 Å². The van der Waals surface area contributed by atoms with Crippen molar-refractivity contribution in [2.24, 2.45) is 0 Å². The van der Waals surface area contributed by atoms with E-state index in [4.69, 9.17) is 10.5 Å². The van der Waals surface area contributed by atoms with Gasteiger partial charge >= 0.3 is 11.9 Å². The number of hydrogen-bond donors (Lipinski definition) is 1. The monoisotopic (exact) mass is 270 g/mol. The number of nitrogen functional groups attached to an aromatic ring is 1. The number of thioether (sulfide) groups is 1. The maximum atomic E-state index is 11.5. The van der Waals surface area contributed by atoms with Crippen molar-refractivity contribution in [3.8, 4) is 0 Å². The smallest absolute Gasteiger partial charge is 0.339 e. The van der Waals surface area contributed by atoms with E-state index in [0.717, 1.165) is 11.8 Å². The van der Waals surface area contributed by atoms with Gasteiger partial charge in [-0.15, -0.1) is 11.8 Å². The van der Waals surface area contributed by atoms with Crippen LogP contribution in [0.1, 0.15) is 17.3 Å². The van der Waals surface area contributed by atoms with E-state index in [1.54, 1.807) is 6.92 Å². The van der Waals surface area contributed by atoms with E-state index in [2.05, 4.69) is 9.72 Å². The second-order valence-corrected chi connectivity index (χ2v) is 4.21. The minimum absolute atomic E-state index is 0.101. The molecule has 0 fully saturated rings. The molecule has 1 aromatic rings. The molecule has 0 unspecified atom stereocenters. The molecule has 1 heterocycles. The summed E-state index contributed by atoms with van der Waals surface area (Å²) in [4.78, 5) is 27.2. The maximum absolute atomic E-state index is 11.5. The molecule has 0 saturated carbocycles. The van der Waals surface area contributed by atoms with Crippen LogP contribution in [0.15, 0.2) is 17.2 Å². The van der Waals surface area contributed by atoms with E-state index in [1.165, 1.54) is 19.4 Å². The fourth-order valence-electron chi connectivity index (χ4n) is 1.18. The molecule has 0 atom stereocenters. The van der Waals surface area contributed by atoms with E-state index >= 15 is 0 Å². The highest BCUT2D eigenvalue weighted by molar-refractivity contribution is 8.00. The van der Waals surface area contributed by atoms with Gasteiger partial charge in [0.2, 0.25) is 0 Å². The Morgan fingerprint density at radius 3 is 2.83 bits per heavy atom. The summed E-state index contributed by atoms with van der Waals surface area (Å²) in [6, 6.07) is 1.42. The molecular formula is C11H14N2O4S. The largest absolute Gasteiger partial charge is 0.465 e. The molecule has 0 aliphatic rings. The second kappa shape index (κ2) is 6.85. The summed E-state index contributed by atoms with van der Waals surface area (Å²) in [5.74, 6) is -0.551. The number of methoxy groups -OCH3 is 1. The van der Waals surface area contributed by atoms with Crippen molar-refractivity contribution in [2.75, 3.05) is 25.2 Å². The quantitative estimate of drug-likeness (QED) is 0.632. The summed E-state index contributed by atoms with van der Waals surface area (Å²) >= 11 is 1.15. The van der Waals surface area contributed by atoms with Gasteiger partial charge in [-0.05, 0) is 13.0 Å². The van der Waals surface area contributed by atoms with Gasteiger partial charge in [0.15, 0.2) is 0 Å². The van der Waals surface area contributed by atoms with Gasteiger partial charge in [0.1, 0.15) is 5.82 Å². The van der Waals surface area contributed by atoms with Gasteiger partial charge in [0.25, 0.3) is 0 Å². The zero-order valence-corrected chi connectivity index (χ0v) is 11.0. The summed E-state index contributed by atoms with van der Waals surface area (Å²) < 4.78 is 9.43.